The van der Waals surface area contributed by atoms with Crippen LogP contribution in [-0.4, -0.2) is 26.0 Å². The predicted octanol–water partition coefficient (Wildman–Crippen LogP) is 6.90. The molecule has 0 aliphatic carbocycles. The first-order chi connectivity index (χ1) is 19.7. The second-order valence-electron chi connectivity index (χ2n) is 10.1. The summed E-state index contributed by atoms with van der Waals surface area (Å²) < 4.78 is 19.8. The lowest BCUT2D eigenvalue weighted by Crippen LogP contribution is -2.40. The van der Waals surface area contributed by atoms with E-state index in [9.17, 15) is 14.0 Å². The number of hydrogen-bond acceptors (Lipinski definition) is 5. The molecular weight excluding hydrogens is 521 g/mol. The van der Waals surface area contributed by atoms with Crippen LogP contribution in [0.25, 0.3) is 33.4 Å². The summed E-state index contributed by atoms with van der Waals surface area (Å²) in [7, 11) is 3.03. The van der Waals surface area contributed by atoms with E-state index in [-0.39, 0.29) is 11.8 Å². The van der Waals surface area contributed by atoms with E-state index in [0.717, 1.165) is 11.1 Å². The molecule has 1 heterocycles. The minimum absolute atomic E-state index is 0.226. The molecule has 0 radical (unpaired) electrons. The van der Waals surface area contributed by atoms with Gasteiger partial charge in [-0.1, -0.05) is 42.5 Å². The Morgan fingerprint density at radius 1 is 0.854 bits per heavy atom. The lowest BCUT2D eigenvalue weighted by Gasteiger charge is -2.27. The maximum absolute atomic E-state index is 13.6. The highest BCUT2D eigenvalue weighted by Gasteiger charge is 2.25. The number of rotatable bonds is 8. The third-order valence-corrected chi connectivity index (χ3v) is 6.96. The van der Waals surface area contributed by atoms with Gasteiger partial charge in [0.1, 0.15) is 17.2 Å². The van der Waals surface area contributed by atoms with E-state index in [4.69, 9.17) is 9.25 Å². The van der Waals surface area contributed by atoms with Crippen molar-refractivity contribution in [3.05, 3.63) is 114 Å². The van der Waals surface area contributed by atoms with Gasteiger partial charge in [0, 0.05) is 35.2 Å². The fraction of sp³-hybridized carbons (Fsp3) is 0.152. The van der Waals surface area contributed by atoms with Crippen LogP contribution in [0.1, 0.15) is 40.1 Å². The van der Waals surface area contributed by atoms with Crippen molar-refractivity contribution < 1.29 is 23.2 Å². The number of amides is 2. The van der Waals surface area contributed by atoms with Crippen molar-refractivity contribution in [3.63, 3.8) is 0 Å². The van der Waals surface area contributed by atoms with Crippen molar-refractivity contribution in [2.75, 3.05) is 19.6 Å². The smallest absolute Gasteiger partial charge is 0.255 e. The van der Waals surface area contributed by atoms with Gasteiger partial charge in [0.15, 0.2) is 0 Å². The van der Waals surface area contributed by atoms with Gasteiger partial charge in [-0.3, -0.25) is 19.9 Å². The molecule has 2 amide bonds. The Morgan fingerprint density at radius 2 is 1.59 bits per heavy atom. The molecule has 1 aromatic heterocycles. The molecule has 0 saturated heterocycles. The quantitative estimate of drug-likeness (QED) is 0.182. The molecule has 0 fully saturated rings. The Bertz CT molecular complexity index is 1730. The summed E-state index contributed by atoms with van der Waals surface area (Å²) in [4.78, 5) is 31.7. The van der Waals surface area contributed by atoms with Gasteiger partial charge in [0.05, 0.1) is 23.9 Å². The molecule has 208 valence electrons. The van der Waals surface area contributed by atoms with Crippen LogP contribution in [0.4, 0.5) is 10.1 Å². The number of carbonyl (C=O) groups is 2. The van der Waals surface area contributed by atoms with Crippen LogP contribution in [0.2, 0.25) is 0 Å². The van der Waals surface area contributed by atoms with Crippen LogP contribution in [0.5, 0.6) is 0 Å². The van der Waals surface area contributed by atoms with Gasteiger partial charge >= 0.3 is 0 Å². The van der Waals surface area contributed by atoms with Crippen molar-refractivity contribution >= 4 is 28.5 Å². The second-order valence-corrected chi connectivity index (χ2v) is 10.1. The molecule has 5 rings (SSSR count). The number of carbonyl (C=O) groups excluding carboxylic acids is 2. The van der Waals surface area contributed by atoms with Crippen molar-refractivity contribution in [2.24, 2.45) is 0 Å². The number of furan rings is 1. The molecule has 0 unspecified atom stereocenters. The Labute approximate surface area is 237 Å². The number of nitrogens with one attached hydrogen (secondary N) is 3. The fourth-order valence-electron chi connectivity index (χ4n) is 4.84. The van der Waals surface area contributed by atoms with Crippen LogP contribution >= 0.6 is 0 Å². The Kier molecular flexibility index (Phi) is 7.59. The number of fused-ring (bicyclic) bond motifs is 1. The zero-order valence-corrected chi connectivity index (χ0v) is 23.2. The largest absolute Gasteiger partial charge is 0.455 e. The molecule has 0 bridgehead atoms. The van der Waals surface area contributed by atoms with Crippen LogP contribution < -0.4 is 16.1 Å². The van der Waals surface area contributed by atoms with Crippen LogP contribution in [0.15, 0.2) is 95.4 Å². The lowest BCUT2D eigenvalue weighted by atomic mass is 9.93. The van der Waals surface area contributed by atoms with E-state index in [1.54, 1.807) is 36.4 Å². The summed E-state index contributed by atoms with van der Waals surface area (Å²) in [6, 6.07) is 26.3. The summed E-state index contributed by atoms with van der Waals surface area (Å²) in [5, 5.41) is 6.35. The summed E-state index contributed by atoms with van der Waals surface area (Å²) in [6.07, 6.45) is 0. The van der Waals surface area contributed by atoms with Gasteiger partial charge in [-0.05, 0) is 67.4 Å². The third kappa shape index (κ3) is 5.55. The van der Waals surface area contributed by atoms with Gasteiger partial charge < -0.3 is 15.1 Å². The predicted molar refractivity (Wildman–Crippen MR) is 158 cm³/mol. The van der Waals surface area contributed by atoms with Gasteiger partial charge in [-0.15, -0.1) is 0 Å². The fourth-order valence-corrected chi connectivity index (χ4v) is 4.84. The summed E-state index contributed by atoms with van der Waals surface area (Å²) >= 11 is 0. The maximum atomic E-state index is 13.6. The molecule has 0 aliphatic heterocycles. The van der Waals surface area contributed by atoms with Gasteiger partial charge in [0.2, 0.25) is 0 Å². The van der Waals surface area contributed by atoms with E-state index in [1.165, 1.54) is 26.3 Å². The molecule has 4 aromatic carbocycles. The summed E-state index contributed by atoms with van der Waals surface area (Å²) in [6.45, 7) is 3.91. The molecule has 8 heteroatoms. The zero-order valence-electron chi connectivity index (χ0n) is 23.2. The third-order valence-electron chi connectivity index (χ3n) is 6.96. The standard InChI is InChI=1S/C33H30FN3O4/c1-33(2,23-11-6-5-7-12-23)36-31(38)22-10-8-9-21(17-22)25-18-26-28(19-27(25)37-40-4)41-30(29(26)32(39)35-3)20-13-15-24(34)16-14-20/h5-19,37H,1-4H3,(H,35,39)(H,36,38). The highest BCUT2D eigenvalue weighted by molar-refractivity contribution is 6.13. The Balaban J connectivity index is 1.60. The van der Waals surface area contributed by atoms with E-state index in [1.807, 2.05) is 56.3 Å². The van der Waals surface area contributed by atoms with Crippen LogP contribution in [-0.2, 0) is 10.4 Å². The van der Waals surface area contributed by atoms with Crippen LogP contribution in [0, 0.1) is 5.82 Å². The zero-order chi connectivity index (χ0) is 29.1. The first kappa shape index (κ1) is 27.6. The summed E-state index contributed by atoms with van der Waals surface area (Å²) in [5.41, 5.74) is 7.05. The number of anilines is 1. The summed E-state index contributed by atoms with van der Waals surface area (Å²) in [5.74, 6) is -0.652. The normalized spacial score (nSPS) is 11.3. The first-order valence-electron chi connectivity index (χ1n) is 13.1. The van der Waals surface area contributed by atoms with E-state index >= 15 is 0 Å². The van der Waals surface area contributed by atoms with Crippen molar-refractivity contribution in [1.29, 1.82) is 0 Å². The van der Waals surface area contributed by atoms with Crippen molar-refractivity contribution in [1.82, 2.24) is 10.6 Å². The van der Waals surface area contributed by atoms with Gasteiger partial charge in [0.25, 0.3) is 11.8 Å². The molecule has 0 aliphatic rings. The molecule has 5 aromatic rings. The Morgan fingerprint density at radius 3 is 2.27 bits per heavy atom. The van der Waals surface area contributed by atoms with E-state index < -0.39 is 11.4 Å². The SMILES string of the molecule is CNC(=O)c1c(-c2ccc(F)cc2)oc2cc(NOC)c(-c3cccc(C(=O)NC(C)(C)c4ccccc4)c3)cc12. The highest BCUT2D eigenvalue weighted by atomic mass is 19.1. The van der Waals surface area contributed by atoms with Crippen molar-refractivity contribution in [3.8, 4) is 22.5 Å². The average Bonchev–Trinajstić information content (AvgIpc) is 3.35. The number of benzene rings is 4. The molecule has 3 N–H and O–H groups in total. The molecule has 7 nitrogen and oxygen atoms in total. The second kappa shape index (κ2) is 11.3. The van der Waals surface area contributed by atoms with E-state index in [2.05, 4.69) is 16.1 Å². The molecule has 0 atom stereocenters. The Hall–Kier alpha value is -4.95. The molecular formula is C33H30FN3O4. The van der Waals surface area contributed by atoms with Crippen molar-refractivity contribution in [2.45, 2.75) is 19.4 Å². The molecule has 41 heavy (non-hydrogen) atoms. The highest BCUT2D eigenvalue weighted by Crippen LogP contribution is 2.40. The topological polar surface area (TPSA) is 92.6 Å². The molecule has 0 saturated carbocycles. The minimum Gasteiger partial charge on any atom is -0.455 e. The molecule has 0 spiro atoms. The lowest BCUT2D eigenvalue weighted by molar-refractivity contribution is 0.0910. The first-order valence-corrected chi connectivity index (χ1v) is 13.1. The van der Waals surface area contributed by atoms with Gasteiger partial charge in [-0.25, -0.2) is 4.39 Å². The van der Waals surface area contributed by atoms with Gasteiger partial charge in [-0.2, -0.15) is 0 Å². The van der Waals surface area contributed by atoms with Crippen LogP contribution in [0.3, 0.4) is 0 Å². The number of halogens is 1. The number of hydrogen-bond donors (Lipinski definition) is 3. The monoisotopic (exact) mass is 551 g/mol. The average molecular weight is 552 g/mol. The maximum Gasteiger partial charge on any atom is 0.255 e. The minimum atomic E-state index is -0.591. The van der Waals surface area contributed by atoms with E-state index in [0.29, 0.717) is 44.7 Å².